The monoisotopic (exact) mass is 251 g/mol. The van der Waals surface area contributed by atoms with Crippen molar-refractivity contribution in [3.8, 4) is 6.07 Å². The summed E-state index contributed by atoms with van der Waals surface area (Å²) < 4.78 is 11.6. The molecule has 18 heavy (non-hydrogen) atoms. The quantitative estimate of drug-likeness (QED) is 0.653. The maximum absolute atomic E-state index is 8.81. The standard InChI is InChI=1S/C15H25NO2/c1-3-14-11(2)15(14)18-8-4-7-17-13-6-5-12(9-13)10-16/h11-15H,3-9H2,1-2H3/t11-,12-,13?,14?,15-/m0/s1. The number of ether oxygens (including phenoxy) is 2. The molecule has 102 valence electrons. The maximum atomic E-state index is 8.81. The normalized spacial score (nSPS) is 38.6. The average molecular weight is 251 g/mol. The molecule has 0 amide bonds. The first kappa shape index (κ1) is 13.8. The summed E-state index contributed by atoms with van der Waals surface area (Å²) in [7, 11) is 0. The van der Waals surface area contributed by atoms with Gasteiger partial charge in [-0.3, -0.25) is 0 Å². The molecule has 0 aromatic heterocycles. The second kappa shape index (κ2) is 6.54. The van der Waals surface area contributed by atoms with Crippen LogP contribution >= 0.6 is 0 Å². The Hall–Kier alpha value is -0.590. The van der Waals surface area contributed by atoms with Gasteiger partial charge in [-0.1, -0.05) is 20.3 Å². The van der Waals surface area contributed by atoms with Gasteiger partial charge < -0.3 is 9.47 Å². The SMILES string of the molecule is CCC1[C@@H](OCCCOC2CC[C@H](C#N)C2)[C@H]1C. The second-order valence-electron chi connectivity index (χ2n) is 5.75. The van der Waals surface area contributed by atoms with Crippen LogP contribution in [0.15, 0.2) is 0 Å². The van der Waals surface area contributed by atoms with Crippen molar-refractivity contribution in [3.63, 3.8) is 0 Å². The fraction of sp³-hybridized carbons (Fsp3) is 0.933. The van der Waals surface area contributed by atoms with E-state index in [4.69, 9.17) is 14.7 Å². The van der Waals surface area contributed by atoms with E-state index in [2.05, 4.69) is 19.9 Å². The van der Waals surface area contributed by atoms with Crippen LogP contribution in [-0.4, -0.2) is 25.4 Å². The van der Waals surface area contributed by atoms with Crippen LogP contribution in [0.1, 0.15) is 46.0 Å². The summed E-state index contributed by atoms with van der Waals surface area (Å²) in [6, 6.07) is 2.33. The Morgan fingerprint density at radius 3 is 2.61 bits per heavy atom. The molecule has 2 fully saturated rings. The largest absolute Gasteiger partial charge is 0.378 e. The van der Waals surface area contributed by atoms with Crippen LogP contribution in [0, 0.1) is 29.1 Å². The third-order valence-electron chi connectivity index (χ3n) is 4.47. The van der Waals surface area contributed by atoms with E-state index in [0.29, 0.717) is 12.2 Å². The minimum atomic E-state index is 0.226. The summed E-state index contributed by atoms with van der Waals surface area (Å²) in [6.07, 6.45) is 6.02. The molecule has 2 aliphatic rings. The highest BCUT2D eigenvalue weighted by atomic mass is 16.5. The van der Waals surface area contributed by atoms with Gasteiger partial charge in [-0.2, -0.15) is 5.26 Å². The lowest BCUT2D eigenvalue weighted by atomic mass is 10.1. The van der Waals surface area contributed by atoms with Crippen molar-refractivity contribution in [2.45, 2.75) is 58.2 Å². The number of nitriles is 1. The van der Waals surface area contributed by atoms with E-state index in [1.165, 1.54) is 6.42 Å². The van der Waals surface area contributed by atoms with Crippen molar-refractivity contribution in [2.24, 2.45) is 17.8 Å². The van der Waals surface area contributed by atoms with Crippen LogP contribution in [0.5, 0.6) is 0 Å². The van der Waals surface area contributed by atoms with Crippen molar-refractivity contribution >= 4 is 0 Å². The van der Waals surface area contributed by atoms with Crippen molar-refractivity contribution in [2.75, 3.05) is 13.2 Å². The van der Waals surface area contributed by atoms with Crippen LogP contribution < -0.4 is 0 Å². The predicted molar refractivity (Wildman–Crippen MR) is 70.0 cm³/mol. The van der Waals surface area contributed by atoms with Gasteiger partial charge >= 0.3 is 0 Å². The average Bonchev–Trinajstić information content (AvgIpc) is 2.81. The zero-order valence-corrected chi connectivity index (χ0v) is 11.6. The van der Waals surface area contributed by atoms with E-state index in [1.807, 2.05) is 0 Å². The summed E-state index contributed by atoms with van der Waals surface area (Å²) in [4.78, 5) is 0. The molecule has 5 atom stereocenters. The predicted octanol–water partition coefficient (Wildman–Crippen LogP) is 3.15. The highest BCUT2D eigenvalue weighted by Gasteiger charge is 2.45. The van der Waals surface area contributed by atoms with Crippen LogP contribution in [-0.2, 0) is 9.47 Å². The molecule has 0 aliphatic heterocycles. The number of rotatable bonds is 7. The van der Waals surface area contributed by atoms with Crippen LogP contribution in [0.2, 0.25) is 0 Å². The van der Waals surface area contributed by atoms with Crippen molar-refractivity contribution in [1.29, 1.82) is 5.26 Å². The van der Waals surface area contributed by atoms with E-state index in [0.717, 1.165) is 50.7 Å². The molecule has 0 saturated heterocycles. The molecule has 0 bridgehead atoms. The zero-order chi connectivity index (χ0) is 13.0. The third kappa shape index (κ3) is 3.46. The lowest BCUT2D eigenvalue weighted by Crippen LogP contribution is -2.11. The highest BCUT2D eigenvalue weighted by Crippen LogP contribution is 2.43. The molecule has 0 N–H and O–H groups in total. The van der Waals surface area contributed by atoms with Crippen LogP contribution in [0.4, 0.5) is 0 Å². The molecule has 2 rings (SSSR count). The summed E-state index contributed by atoms with van der Waals surface area (Å²) in [6.45, 7) is 6.11. The number of nitrogens with zero attached hydrogens (tertiary/aromatic N) is 1. The first-order valence-corrected chi connectivity index (χ1v) is 7.39. The van der Waals surface area contributed by atoms with Crippen molar-refractivity contribution < 1.29 is 9.47 Å². The van der Waals surface area contributed by atoms with Gasteiger partial charge in [0.15, 0.2) is 0 Å². The van der Waals surface area contributed by atoms with E-state index in [-0.39, 0.29) is 5.92 Å². The Bertz CT molecular complexity index is 299. The minimum Gasteiger partial charge on any atom is -0.378 e. The fourth-order valence-corrected chi connectivity index (χ4v) is 3.12. The molecule has 0 heterocycles. The molecule has 0 aromatic rings. The molecule has 0 radical (unpaired) electrons. The topological polar surface area (TPSA) is 42.2 Å². The Balaban J connectivity index is 1.46. The van der Waals surface area contributed by atoms with Gasteiger partial charge in [0, 0.05) is 19.1 Å². The van der Waals surface area contributed by atoms with Crippen LogP contribution in [0.25, 0.3) is 0 Å². The fourth-order valence-electron chi connectivity index (χ4n) is 3.12. The van der Waals surface area contributed by atoms with Gasteiger partial charge in [-0.25, -0.2) is 0 Å². The zero-order valence-electron chi connectivity index (χ0n) is 11.6. The summed E-state index contributed by atoms with van der Waals surface area (Å²) in [5.41, 5.74) is 0. The second-order valence-corrected chi connectivity index (χ2v) is 5.75. The molecule has 2 aliphatic carbocycles. The van der Waals surface area contributed by atoms with E-state index in [9.17, 15) is 0 Å². The Morgan fingerprint density at radius 2 is 2.00 bits per heavy atom. The number of hydrogen-bond donors (Lipinski definition) is 0. The first-order chi connectivity index (χ1) is 8.76. The van der Waals surface area contributed by atoms with Crippen molar-refractivity contribution in [3.05, 3.63) is 0 Å². The minimum absolute atomic E-state index is 0.226. The van der Waals surface area contributed by atoms with Crippen molar-refractivity contribution in [1.82, 2.24) is 0 Å². The van der Waals surface area contributed by atoms with Gasteiger partial charge in [0.1, 0.15) is 0 Å². The molecule has 2 saturated carbocycles. The van der Waals surface area contributed by atoms with Gasteiger partial charge in [0.25, 0.3) is 0 Å². The Morgan fingerprint density at radius 1 is 1.22 bits per heavy atom. The molecular formula is C15H25NO2. The summed E-state index contributed by atoms with van der Waals surface area (Å²) in [5.74, 6) is 1.77. The van der Waals surface area contributed by atoms with E-state index in [1.54, 1.807) is 0 Å². The Labute approximate surface area is 110 Å². The third-order valence-corrected chi connectivity index (χ3v) is 4.47. The lowest BCUT2D eigenvalue weighted by Gasteiger charge is -2.11. The summed E-state index contributed by atoms with van der Waals surface area (Å²) >= 11 is 0. The van der Waals surface area contributed by atoms with Crippen LogP contribution in [0.3, 0.4) is 0 Å². The summed E-state index contributed by atoms with van der Waals surface area (Å²) in [5, 5.41) is 8.81. The highest BCUT2D eigenvalue weighted by molar-refractivity contribution is 4.94. The van der Waals surface area contributed by atoms with Gasteiger partial charge in [-0.15, -0.1) is 0 Å². The molecule has 2 unspecified atom stereocenters. The molecule has 0 aromatic carbocycles. The van der Waals surface area contributed by atoms with Gasteiger partial charge in [0.2, 0.25) is 0 Å². The van der Waals surface area contributed by atoms with Gasteiger partial charge in [0.05, 0.1) is 18.3 Å². The van der Waals surface area contributed by atoms with E-state index < -0.39 is 0 Å². The lowest BCUT2D eigenvalue weighted by molar-refractivity contribution is 0.0294. The number of hydrogen-bond acceptors (Lipinski definition) is 3. The smallest absolute Gasteiger partial charge is 0.0656 e. The molecule has 3 nitrogen and oxygen atoms in total. The molecule has 3 heteroatoms. The molecular weight excluding hydrogens is 226 g/mol. The first-order valence-electron chi connectivity index (χ1n) is 7.39. The Kier molecular flexibility index (Phi) is 5.03. The van der Waals surface area contributed by atoms with E-state index >= 15 is 0 Å². The maximum Gasteiger partial charge on any atom is 0.0656 e. The molecule has 0 spiro atoms. The van der Waals surface area contributed by atoms with Gasteiger partial charge in [-0.05, 0) is 37.5 Å².